The van der Waals surface area contributed by atoms with Crippen molar-refractivity contribution >= 4 is 0 Å². The van der Waals surface area contributed by atoms with E-state index in [0.29, 0.717) is 0 Å². The lowest BCUT2D eigenvalue weighted by atomic mass is 10.3. The van der Waals surface area contributed by atoms with Crippen molar-refractivity contribution in [1.29, 1.82) is 0 Å². The number of ether oxygens (including phenoxy) is 2. The molecule has 0 spiro atoms. The Hall–Kier alpha value is -1.33. The van der Waals surface area contributed by atoms with Gasteiger partial charge in [0.15, 0.2) is 5.76 Å². The zero-order valence-electron chi connectivity index (χ0n) is 7.31. The Bertz CT molecular complexity index is 326. The number of hydrogen-bond donors (Lipinski definition) is 1. The Morgan fingerprint density at radius 2 is 2.00 bits per heavy atom. The second-order valence-corrected chi connectivity index (χ2v) is 2.34. The Balaban J connectivity index is 3.06. The molecule has 5 nitrogen and oxygen atoms in total. The SMILES string of the molecule is COC(OC)c1cc(O)cc(=O)o1. The molecular formula is C8H10O5. The third-order valence-electron chi connectivity index (χ3n) is 1.43. The quantitative estimate of drug-likeness (QED) is 0.701. The highest BCUT2D eigenvalue weighted by Gasteiger charge is 2.13. The Kier molecular flexibility index (Phi) is 3.05. The predicted octanol–water partition coefficient (Wildman–Crippen LogP) is 0.637. The molecule has 1 N–H and O–H groups in total. The molecule has 0 saturated carbocycles. The van der Waals surface area contributed by atoms with Gasteiger partial charge >= 0.3 is 5.63 Å². The van der Waals surface area contributed by atoms with Crippen molar-refractivity contribution in [2.45, 2.75) is 6.29 Å². The maximum Gasteiger partial charge on any atom is 0.339 e. The van der Waals surface area contributed by atoms with Gasteiger partial charge in [0.25, 0.3) is 0 Å². The summed E-state index contributed by atoms with van der Waals surface area (Å²) in [6.07, 6.45) is -0.778. The van der Waals surface area contributed by atoms with Gasteiger partial charge in [-0.15, -0.1) is 0 Å². The molecule has 0 saturated heterocycles. The van der Waals surface area contributed by atoms with Crippen LogP contribution in [0.3, 0.4) is 0 Å². The van der Waals surface area contributed by atoms with Crippen molar-refractivity contribution in [3.05, 3.63) is 28.3 Å². The fraction of sp³-hybridized carbons (Fsp3) is 0.375. The van der Waals surface area contributed by atoms with Crippen LogP contribution in [0.15, 0.2) is 21.3 Å². The van der Waals surface area contributed by atoms with Crippen LogP contribution in [-0.2, 0) is 9.47 Å². The molecule has 13 heavy (non-hydrogen) atoms. The molecule has 0 bridgehead atoms. The molecule has 1 aromatic heterocycles. The van der Waals surface area contributed by atoms with E-state index in [4.69, 9.17) is 19.0 Å². The molecule has 1 heterocycles. The van der Waals surface area contributed by atoms with Gasteiger partial charge in [-0.05, 0) is 0 Å². The van der Waals surface area contributed by atoms with Gasteiger partial charge in [-0.2, -0.15) is 0 Å². The molecular weight excluding hydrogens is 176 g/mol. The number of methoxy groups -OCH3 is 2. The van der Waals surface area contributed by atoms with Crippen LogP contribution in [0.4, 0.5) is 0 Å². The summed E-state index contributed by atoms with van der Waals surface area (Å²) in [5.74, 6) is -0.0413. The molecule has 0 aliphatic heterocycles. The largest absolute Gasteiger partial charge is 0.508 e. The Labute approximate surface area is 74.5 Å². The fourth-order valence-corrected chi connectivity index (χ4v) is 0.928. The standard InChI is InChI=1S/C8H10O5/c1-11-8(12-2)6-3-5(9)4-7(10)13-6/h3-4,8-9H,1-2H3. The summed E-state index contributed by atoms with van der Waals surface area (Å²) in [4.78, 5) is 10.8. The second kappa shape index (κ2) is 4.06. The van der Waals surface area contributed by atoms with Crippen LogP contribution in [-0.4, -0.2) is 19.3 Å². The highest BCUT2D eigenvalue weighted by Crippen LogP contribution is 2.18. The van der Waals surface area contributed by atoms with E-state index in [1.807, 2.05) is 0 Å². The predicted molar refractivity (Wildman–Crippen MR) is 43.4 cm³/mol. The van der Waals surface area contributed by atoms with Gasteiger partial charge in [0.05, 0.1) is 6.07 Å². The second-order valence-electron chi connectivity index (χ2n) is 2.34. The first-order valence-electron chi connectivity index (χ1n) is 3.57. The lowest BCUT2D eigenvalue weighted by molar-refractivity contribution is -0.119. The molecule has 5 heteroatoms. The van der Waals surface area contributed by atoms with Gasteiger partial charge in [0.2, 0.25) is 6.29 Å². The highest BCUT2D eigenvalue weighted by molar-refractivity contribution is 5.18. The maximum absolute atomic E-state index is 10.8. The monoisotopic (exact) mass is 186 g/mol. The van der Waals surface area contributed by atoms with Crippen LogP contribution in [0.25, 0.3) is 0 Å². The molecule has 0 aliphatic carbocycles. The molecule has 0 amide bonds. The van der Waals surface area contributed by atoms with E-state index in [0.717, 1.165) is 6.07 Å². The minimum atomic E-state index is -0.778. The maximum atomic E-state index is 10.8. The van der Waals surface area contributed by atoms with Gasteiger partial charge < -0.3 is 19.0 Å². The fourth-order valence-electron chi connectivity index (χ4n) is 0.928. The molecule has 0 atom stereocenters. The molecule has 0 unspecified atom stereocenters. The molecule has 1 aromatic rings. The average molecular weight is 186 g/mol. The lowest BCUT2D eigenvalue weighted by Crippen LogP contribution is -2.07. The zero-order chi connectivity index (χ0) is 9.84. The van der Waals surface area contributed by atoms with Crippen LogP contribution in [0.2, 0.25) is 0 Å². The van der Waals surface area contributed by atoms with Crippen molar-refractivity contribution in [3.8, 4) is 5.75 Å². The molecule has 0 fully saturated rings. The van der Waals surface area contributed by atoms with Gasteiger partial charge in [-0.25, -0.2) is 4.79 Å². The summed E-state index contributed by atoms with van der Waals surface area (Å²) < 4.78 is 14.4. The van der Waals surface area contributed by atoms with Gasteiger partial charge in [0.1, 0.15) is 5.75 Å². The number of hydrogen-bond acceptors (Lipinski definition) is 5. The average Bonchev–Trinajstić information content (AvgIpc) is 2.04. The lowest BCUT2D eigenvalue weighted by Gasteiger charge is -2.11. The normalized spacial score (nSPS) is 10.7. The number of rotatable bonds is 3. The zero-order valence-corrected chi connectivity index (χ0v) is 7.31. The summed E-state index contributed by atoms with van der Waals surface area (Å²) in [7, 11) is 2.80. The van der Waals surface area contributed by atoms with Gasteiger partial charge in [0, 0.05) is 20.3 Å². The summed E-state index contributed by atoms with van der Waals surface area (Å²) >= 11 is 0. The van der Waals surface area contributed by atoms with Crippen LogP contribution in [0.5, 0.6) is 5.75 Å². The van der Waals surface area contributed by atoms with Gasteiger partial charge in [-0.3, -0.25) is 0 Å². The third-order valence-corrected chi connectivity index (χ3v) is 1.43. The Morgan fingerprint density at radius 3 is 2.46 bits per heavy atom. The van der Waals surface area contributed by atoms with Crippen molar-refractivity contribution < 1.29 is 19.0 Å². The Morgan fingerprint density at radius 1 is 1.38 bits per heavy atom. The van der Waals surface area contributed by atoms with E-state index in [2.05, 4.69) is 0 Å². The van der Waals surface area contributed by atoms with E-state index in [9.17, 15) is 4.79 Å². The van der Waals surface area contributed by atoms with Crippen LogP contribution >= 0.6 is 0 Å². The summed E-state index contributed by atoms with van der Waals surface area (Å²) in [6, 6.07) is 2.23. The van der Waals surface area contributed by atoms with Crippen molar-refractivity contribution in [2.24, 2.45) is 0 Å². The van der Waals surface area contributed by atoms with Crippen LogP contribution in [0.1, 0.15) is 12.1 Å². The smallest absolute Gasteiger partial charge is 0.339 e. The van der Waals surface area contributed by atoms with Crippen molar-refractivity contribution in [1.82, 2.24) is 0 Å². The summed E-state index contributed by atoms with van der Waals surface area (Å²) in [5, 5.41) is 9.06. The van der Waals surface area contributed by atoms with Crippen LogP contribution in [0, 0.1) is 0 Å². The topological polar surface area (TPSA) is 68.9 Å². The van der Waals surface area contributed by atoms with E-state index < -0.39 is 11.9 Å². The highest BCUT2D eigenvalue weighted by atomic mass is 16.7. The first kappa shape index (κ1) is 9.76. The molecule has 0 radical (unpaired) electrons. The van der Waals surface area contributed by atoms with Crippen molar-refractivity contribution in [3.63, 3.8) is 0 Å². The van der Waals surface area contributed by atoms with Crippen LogP contribution < -0.4 is 5.63 Å². The van der Waals surface area contributed by atoms with E-state index >= 15 is 0 Å². The first-order valence-corrected chi connectivity index (χ1v) is 3.57. The minimum Gasteiger partial charge on any atom is -0.508 e. The molecule has 1 rings (SSSR count). The van der Waals surface area contributed by atoms with E-state index in [1.54, 1.807) is 0 Å². The summed E-state index contributed by atoms with van der Waals surface area (Å²) in [6.45, 7) is 0. The first-order chi connectivity index (χ1) is 6.17. The third kappa shape index (κ3) is 2.30. The molecule has 72 valence electrons. The molecule has 0 aromatic carbocycles. The minimum absolute atomic E-state index is 0.134. The van der Waals surface area contributed by atoms with E-state index in [1.165, 1.54) is 20.3 Å². The van der Waals surface area contributed by atoms with Gasteiger partial charge in [-0.1, -0.05) is 0 Å². The van der Waals surface area contributed by atoms with Crippen molar-refractivity contribution in [2.75, 3.05) is 14.2 Å². The molecule has 0 aliphatic rings. The number of aromatic hydroxyl groups is 1. The summed E-state index contributed by atoms with van der Waals surface area (Å²) in [5.41, 5.74) is -0.644. The van der Waals surface area contributed by atoms with E-state index in [-0.39, 0.29) is 11.5 Å².